The summed E-state index contributed by atoms with van der Waals surface area (Å²) in [5, 5.41) is 1.01. The third kappa shape index (κ3) is 3.69. The first kappa shape index (κ1) is 18.7. The van der Waals surface area contributed by atoms with Crippen LogP contribution < -0.4 is 4.74 Å². The van der Waals surface area contributed by atoms with Gasteiger partial charge >= 0.3 is 5.97 Å². The summed E-state index contributed by atoms with van der Waals surface area (Å²) in [7, 11) is 2.95. The summed E-state index contributed by atoms with van der Waals surface area (Å²) in [5.41, 5.74) is 4.63. The lowest BCUT2D eigenvalue weighted by Crippen LogP contribution is -2.06. The molecular formula is C23H19FN2O3. The van der Waals surface area contributed by atoms with Crippen LogP contribution in [0.2, 0.25) is 0 Å². The number of H-pyrrole nitrogens is 1. The van der Waals surface area contributed by atoms with Crippen LogP contribution in [-0.4, -0.2) is 30.2 Å². The lowest BCUT2D eigenvalue weighted by atomic mass is 10.0. The van der Waals surface area contributed by atoms with Crippen molar-refractivity contribution in [3.8, 4) is 17.0 Å². The van der Waals surface area contributed by atoms with Crippen molar-refractivity contribution in [1.29, 1.82) is 0 Å². The summed E-state index contributed by atoms with van der Waals surface area (Å²) in [6, 6.07) is 17.4. The molecule has 0 amide bonds. The molecule has 0 saturated carbocycles. The van der Waals surface area contributed by atoms with Crippen LogP contribution in [0.5, 0.6) is 5.75 Å². The van der Waals surface area contributed by atoms with Gasteiger partial charge < -0.3 is 14.5 Å². The molecule has 0 bridgehead atoms. The Morgan fingerprint density at radius 2 is 1.86 bits per heavy atom. The molecule has 0 atom stereocenters. The number of halogens is 1. The summed E-state index contributed by atoms with van der Waals surface area (Å²) in [5.74, 6) is -0.0310. The highest BCUT2D eigenvalue weighted by molar-refractivity contribution is 5.92. The first-order valence-corrected chi connectivity index (χ1v) is 9.08. The second-order valence-electron chi connectivity index (χ2n) is 6.58. The van der Waals surface area contributed by atoms with E-state index in [-0.39, 0.29) is 11.5 Å². The van der Waals surface area contributed by atoms with Crippen LogP contribution in [0.25, 0.3) is 22.2 Å². The molecule has 0 fully saturated rings. The van der Waals surface area contributed by atoms with Crippen molar-refractivity contribution in [1.82, 2.24) is 9.97 Å². The molecule has 4 rings (SSSR count). The standard InChI is InChI=1S/C23H19FN2O3/c1-28-17-10-11-18-19(12-16-4-3-5-20(25-16)23(27)29-2)22(26-21(18)13-17)14-6-8-15(24)9-7-14/h3-11,13,26H,12H2,1-2H3. The SMILES string of the molecule is COC(=O)c1cccc(Cc2c(-c3ccc(F)cc3)[nH]c3cc(OC)ccc23)n1. The highest BCUT2D eigenvalue weighted by Gasteiger charge is 2.16. The number of aromatic amines is 1. The van der Waals surface area contributed by atoms with Crippen LogP contribution in [0.3, 0.4) is 0 Å². The zero-order chi connectivity index (χ0) is 20.4. The van der Waals surface area contributed by atoms with Crippen LogP contribution in [0.1, 0.15) is 21.7 Å². The molecular weight excluding hydrogens is 371 g/mol. The van der Waals surface area contributed by atoms with E-state index in [2.05, 4.69) is 9.97 Å². The van der Waals surface area contributed by atoms with E-state index >= 15 is 0 Å². The molecule has 0 aliphatic carbocycles. The number of rotatable bonds is 5. The summed E-state index contributed by atoms with van der Waals surface area (Å²) in [6.07, 6.45) is 0.490. The van der Waals surface area contributed by atoms with Gasteiger partial charge in [-0.1, -0.05) is 6.07 Å². The Balaban J connectivity index is 1.84. The van der Waals surface area contributed by atoms with Gasteiger partial charge in [-0.05, 0) is 59.7 Å². The first-order valence-electron chi connectivity index (χ1n) is 9.08. The molecule has 6 heteroatoms. The maximum Gasteiger partial charge on any atom is 0.356 e. The number of benzene rings is 2. The minimum Gasteiger partial charge on any atom is -0.497 e. The average Bonchev–Trinajstić information content (AvgIpc) is 3.11. The monoisotopic (exact) mass is 390 g/mol. The molecule has 4 aromatic rings. The van der Waals surface area contributed by atoms with E-state index in [0.29, 0.717) is 6.42 Å². The average molecular weight is 390 g/mol. The van der Waals surface area contributed by atoms with E-state index in [1.54, 1.807) is 31.4 Å². The van der Waals surface area contributed by atoms with Gasteiger partial charge in [0.25, 0.3) is 0 Å². The number of methoxy groups -OCH3 is 2. The van der Waals surface area contributed by atoms with Gasteiger partial charge in [-0.2, -0.15) is 0 Å². The Hall–Kier alpha value is -3.67. The number of aromatic nitrogens is 2. The Labute approximate surface area is 167 Å². The van der Waals surface area contributed by atoms with E-state index in [4.69, 9.17) is 9.47 Å². The van der Waals surface area contributed by atoms with Gasteiger partial charge in [0.15, 0.2) is 0 Å². The number of nitrogens with one attached hydrogen (secondary N) is 1. The zero-order valence-electron chi connectivity index (χ0n) is 16.0. The molecule has 29 heavy (non-hydrogen) atoms. The van der Waals surface area contributed by atoms with Gasteiger partial charge in [0.05, 0.1) is 19.9 Å². The Bertz CT molecular complexity index is 1180. The summed E-state index contributed by atoms with van der Waals surface area (Å²) in [4.78, 5) is 19.7. The van der Waals surface area contributed by atoms with Gasteiger partial charge in [-0.15, -0.1) is 0 Å². The largest absolute Gasteiger partial charge is 0.497 e. The topological polar surface area (TPSA) is 64.2 Å². The van der Waals surface area contributed by atoms with Gasteiger partial charge in [0.2, 0.25) is 0 Å². The summed E-state index contributed by atoms with van der Waals surface area (Å²) in [6.45, 7) is 0. The third-order valence-electron chi connectivity index (χ3n) is 4.81. The first-order chi connectivity index (χ1) is 14.1. The van der Waals surface area contributed by atoms with E-state index < -0.39 is 5.97 Å². The van der Waals surface area contributed by atoms with E-state index in [9.17, 15) is 9.18 Å². The zero-order valence-corrected chi connectivity index (χ0v) is 16.0. The molecule has 5 nitrogen and oxygen atoms in total. The number of carbonyl (C=O) groups is 1. The normalized spacial score (nSPS) is 10.9. The number of ether oxygens (including phenoxy) is 2. The highest BCUT2D eigenvalue weighted by atomic mass is 19.1. The number of fused-ring (bicyclic) bond motifs is 1. The second-order valence-corrected chi connectivity index (χ2v) is 6.58. The predicted molar refractivity (Wildman–Crippen MR) is 109 cm³/mol. The molecule has 2 aromatic carbocycles. The number of pyridine rings is 1. The van der Waals surface area contributed by atoms with Crippen LogP contribution >= 0.6 is 0 Å². The molecule has 0 saturated heterocycles. The molecule has 2 aromatic heterocycles. The Morgan fingerprint density at radius 3 is 2.59 bits per heavy atom. The van der Waals surface area contributed by atoms with E-state index in [1.165, 1.54) is 19.2 Å². The second kappa shape index (κ2) is 7.75. The number of hydrogen-bond acceptors (Lipinski definition) is 4. The van der Waals surface area contributed by atoms with Crippen molar-refractivity contribution in [2.45, 2.75) is 6.42 Å². The molecule has 0 aliphatic rings. The number of esters is 1. The van der Waals surface area contributed by atoms with Gasteiger partial charge in [-0.25, -0.2) is 14.2 Å². The number of hydrogen-bond donors (Lipinski definition) is 1. The van der Waals surface area contributed by atoms with Crippen LogP contribution in [0.15, 0.2) is 60.7 Å². The highest BCUT2D eigenvalue weighted by Crippen LogP contribution is 2.33. The van der Waals surface area contributed by atoms with Crippen LogP contribution in [0.4, 0.5) is 4.39 Å². The lowest BCUT2D eigenvalue weighted by Gasteiger charge is -2.07. The summed E-state index contributed by atoms with van der Waals surface area (Å²) >= 11 is 0. The van der Waals surface area contributed by atoms with Crippen molar-refractivity contribution in [3.05, 3.63) is 83.4 Å². The quantitative estimate of drug-likeness (QED) is 0.499. The third-order valence-corrected chi connectivity index (χ3v) is 4.81. The molecule has 0 aliphatic heterocycles. The van der Waals surface area contributed by atoms with Crippen molar-refractivity contribution in [2.75, 3.05) is 14.2 Å². The van der Waals surface area contributed by atoms with E-state index in [0.717, 1.165) is 39.2 Å². The van der Waals surface area contributed by atoms with Crippen molar-refractivity contribution in [3.63, 3.8) is 0 Å². The Kier molecular flexibility index (Phi) is 4.99. The van der Waals surface area contributed by atoms with Gasteiger partial charge in [-0.3, -0.25) is 0 Å². The molecule has 0 spiro atoms. The predicted octanol–water partition coefficient (Wildman–Crippen LogP) is 4.76. The fourth-order valence-electron chi connectivity index (χ4n) is 3.39. The number of nitrogens with zero attached hydrogens (tertiary/aromatic N) is 1. The smallest absolute Gasteiger partial charge is 0.356 e. The fourth-order valence-corrected chi connectivity index (χ4v) is 3.39. The molecule has 2 heterocycles. The number of carbonyl (C=O) groups excluding carboxylic acids is 1. The Morgan fingerprint density at radius 1 is 1.07 bits per heavy atom. The lowest BCUT2D eigenvalue weighted by molar-refractivity contribution is 0.0593. The molecule has 0 unspecified atom stereocenters. The van der Waals surface area contributed by atoms with Crippen molar-refractivity contribution >= 4 is 16.9 Å². The van der Waals surface area contributed by atoms with E-state index in [1.807, 2.05) is 24.3 Å². The minimum atomic E-state index is -0.478. The van der Waals surface area contributed by atoms with Crippen LogP contribution in [-0.2, 0) is 11.2 Å². The van der Waals surface area contributed by atoms with Crippen molar-refractivity contribution in [2.24, 2.45) is 0 Å². The van der Waals surface area contributed by atoms with Gasteiger partial charge in [0.1, 0.15) is 17.3 Å². The van der Waals surface area contributed by atoms with Crippen molar-refractivity contribution < 1.29 is 18.7 Å². The minimum absolute atomic E-state index is 0.259. The fraction of sp³-hybridized carbons (Fsp3) is 0.130. The maximum atomic E-state index is 13.4. The molecule has 146 valence electrons. The van der Waals surface area contributed by atoms with Crippen LogP contribution in [0, 0.1) is 5.82 Å². The molecule has 0 radical (unpaired) electrons. The van der Waals surface area contributed by atoms with Gasteiger partial charge in [0, 0.05) is 29.1 Å². The maximum absolute atomic E-state index is 13.4. The molecule has 1 N–H and O–H groups in total. The summed E-state index contributed by atoms with van der Waals surface area (Å²) < 4.78 is 23.5.